The highest BCUT2D eigenvalue weighted by molar-refractivity contribution is 7.65. The zero-order valence-corrected chi connectivity index (χ0v) is 17.5. The van der Waals surface area contributed by atoms with Crippen molar-refractivity contribution in [1.82, 2.24) is 4.67 Å². The number of amides is 2. The Kier molecular flexibility index (Phi) is 4.49. The maximum Gasteiger partial charge on any atom is 0.252 e. The molecule has 152 valence electrons. The Bertz CT molecular complexity index is 1190. The predicted molar refractivity (Wildman–Crippen MR) is 119 cm³/mol. The fourth-order valence-electron chi connectivity index (χ4n) is 4.55. The van der Waals surface area contributed by atoms with Crippen molar-refractivity contribution in [3.05, 3.63) is 72.8 Å². The number of fused-ring (bicyclic) bond motifs is 1. The lowest BCUT2D eigenvalue weighted by molar-refractivity contribution is -0.121. The van der Waals surface area contributed by atoms with E-state index in [1.54, 1.807) is 17.8 Å². The van der Waals surface area contributed by atoms with Gasteiger partial charge < -0.3 is 4.67 Å². The first-order valence-electron chi connectivity index (χ1n) is 10.0. The van der Waals surface area contributed by atoms with E-state index in [9.17, 15) is 14.2 Å². The van der Waals surface area contributed by atoms with Gasteiger partial charge in [0.1, 0.15) is 5.66 Å². The third kappa shape index (κ3) is 2.72. The zero-order valence-electron chi connectivity index (χ0n) is 16.6. The van der Waals surface area contributed by atoms with Crippen molar-refractivity contribution < 1.29 is 14.2 Å². The van der Waals surface area contributed by atoms with Crippen LogP contribution in [0.25, 0.3) is 10.8 Å². The molecule has 2 aliphatic heterocycles. The van der Waals surface area contributed by atoms with Crippen LogP contribution in [0.3, 0.4) is 0 Å². The smallest absolute Gasteiger partial charge is 0.252 e. The number of para-hydroxylation sites is 1. The number of rotatable bonds is 3. The van der Waals surface area contributed by atoms with Gasteiger partial charge in [0.2, 0.25) is 11.8 Å². The highest BCUT2D eigenvalue weighted by atomic mass is 31.2. The number of imide groups is 1. The van der Waals surface area contributed by atoms with E-state index in [0.29, 0.717) is 18.8 Å². The second-order valence-corrected chi connectivity index (χ2v) is 10.7. The number of hydrogen-bond donors (Lipinski definition) is 0. The highest BCUT2D eigenvalue weighted by Crippen LogP contribution is 2.63. The fourth-order valence-corrected chi connectivity index (χ4v) is 7.74. The molecule has 0 aliphatic carbocycles. The van der Waals surface area contributed by atoms with Gasteiger partial charge >= 0.3 is 0 Å². The summed E-state index contributed by atoms with van der Waals surface area (Å²) in [5.41, 5.74) is 0.496. The molecule has 2 aliphatic rings. The lowest BCUT2D eigenvalue weighted by Crippen LogP contribution is -2.35. The van der Waals surface area contributed by atoms with Crippen molar-refractivity contribution in [2.75, 3.05) is 29.7 Å². The number of likely N-dealkylation sites (N-methyl/N-ethyl adjacent to an activating group) is 1. The molecule has 2 unspecified atom stereocenters. The molecule has 2 atom stereocenters. The quantitative estimate of drug-likeness (QED) is 0.472. The van der Waals surface area contributed by atoms with E-state index in [1.807, 2.05) is 71.4 Å². The number of benzene rings is 3. The van der Waals surface area contributed by atoms with Crippen LogP contribution >= 0.6 is 7.44 Å². The molecule has 30 heavy (non-hydrogen) atoms. The largest absolute Gasteiger partial charge is 0.309 e. The predicted octanol–water partition coefficient (Wildman–Crippen LogP) is 4.12. The maximum atomic E-state index is 14.3. The van der Waals surface area contributed by atoms with E-state index >= 15 is 0 Å². The zero-order chi connectivity index (χ0) is 20.9. The molecule has 3 aromatic carbocycles. The van der Waals surface area contributed by atoms with Crippen molar-refractivity contribution >= 4 is 41.4 Å². The van der Waals surface area contributed by atoms with Crippen molar-refractivity contribution in [1.29, 1.82) is 0 Å². The molecule has 6 nitrogen and oxygen atoms in total. The standard InChI is InChI=1S/C23H22N3O3P/c1-24-14-15-25(18-10-3-2-4-11-18)30(24,29)21-16-22(27)26(23(21)28)20-13-7-9-17-8-5-6-12-19(17)20/h2-13,21H,14-16H2,1H3. The van der Waals surface area contributed by atoms with Gasteiger partial charge in [0.15, 0.2) is 0 Å². The molecule has 7 heteroatoms. The second-order valence-electron chi connectivity index (χ2n) is 7.71. The summed E-state index contributed by atoms with van der Waals surface area (Å²) in [4.78, 5) is 27.8. The van der Waals surface area contributed by atoms with Crippen LogP contribution in [-0.2, 0) is 14.2 Å². The van der Waals surface area contributed by atoms with Crippen molar-refractivity contribution in [2.45, 2.75) is 12.1 Å². The Morgan fingerprint density at radius 3 is 2.37 bits per heavy atom. The number of carbonyl (C=O) groups excluding carboxylic acids is 2. The molecular formula is C23H22N3O3P. The first kappa shape index (κ1) is 19.0. The van der Waals surface area contributed by atoms with E-state index < -0.39 is 13.1 Å². The molecule has 0 aromatic heterocycles. The summed E-state index contributed by atoms with van der Waals surface area (Å²) in [6.07, 6.45) is -0.0486. The molecule has 0 radical (unpaired) electrons. The average molecular weight is 419 g/mol. The lowest BCUT2D eigenvalue weighted by Gasteiger charge is -2.33. The third-order valence-corrected chi connectivity index (χ3v) is 9.58. The van der Waals surface area contributed by atoms with Gasteiger partial charge in [0.05, 0.1) is 5.69 Å². The number of nitrogens with zero attached hydrogens (tertiary/aromatic N) is 3. The van der Waals surface area contributed by atoms with Gasteiger partial charge in [0, 0.05) is 30.6 Å². The topological polar surface area (TPSA) is 60.9 Å². The molecule has 2 saturated heterocycles. The molecule has 0 N–H and O–H groups in total. The van der Waals surface area contributed by atoms with Crippen molar-refractivity contribution in [3.8, 4) is 0 Å². The fraction of sp³-hybridized carbons (Fsp3) is 0.217. The monoisotopic (exact) mass is 419 g/mol. The van der Waals surface area contributed by atoms with Crippen molar-refractivity contribution in [2.24, 2.45) is 0 Å². The van der Waals surface area contributed by atoms with Gasteiger partial charge in [-0.25, -0.2) is 9.57 Å². The van der Waals surface area contributed by atoms with Gasteiger partial charge in [-0.1, -0.05) is 54.6 Å². The van der Waals surface area contributed by atoms with Crippen LogP contribution < -0.4 is 9.57 Å². The van der Waals surface area contributed by atoms with E-state index in [-0.39, 0.29) is 18.2 Å². The van der Waals surface area contributed by atoms with Crippen LogP contribution in [0.1, 0.15) is 6.42 Å². The third-order valence-electron chi connectivity index (χ3n) is 6.06. The molecule has 2 heterocycles. The molecule has 5 rings (SSSR count). The highest BCUT2D eigenvalue weighted by Gasteiger charge is 2.56. The summed E-state index contributed by atoms with van der Waals surface area (Å²) in [5.74, 6) is -0.681. The molecule has 2 fully saturated rings. The second kappa shape index (κ2) is 7.08. The minimum absolute atomic E-state index is 0.0486. The van der Waals surface area contributed by atoms with Crippen LogP contribution in [0.15, 0.2) is 72.8 Å². The molecule has 3 aromatic rings. The minimum Gasteiger partial charge on any atom is -0.309 e. The summed E-state index contributed by atoms with van der Waals surface area (Å²) in [6.45, 7) is 1.14. The summed E-state index contributed by atoms with van der Waals surface area (Å²) in [7, 11) is -1.52. The SMILES string of the molecule is CN1CCN(c2ccccc2)P1(=O)C1CC(=O)N(c2cccc3ccccc23)C1=O. The first-order valence-corrected chi connectivity index (χ1v) is 11.7. The van der Waals surface area contributed by atoms with Gasteiger partial charge in [-0.3, -0.25) is 14.2 Å². The maximum absolute atomic E-state index is 14.3. The van der Waals surface area contributed by atoms with Gasteiger partial charge in [-0.15, -0.1) is 0 Å². The summed E-state index contributed by atoms with van der Waals surface area (Å²) >= 11 is 0. The number of anilines is 2. The molecular weight excluding hydrogens is 397 g/mol. The van der Waals surface area contributed by atoms with Crippen LogP contribution in [0.2, 0.25) is 0 Å². The van der Waals surface area contributed by atoms with E-state index in [4.69, 9.17) is 0 Å². The van der Waals surface area contributed by atoms with Crippen LogP contribution in [0.5, 0.6) is 0 Å². The number of carbonyl (C=O) groups is 2. The van der Waals surface area contributed by atoms with E-state index in [0.717, 1.165) is 16.5 Å². The Morgan fingerprint density at radius 1 is 0.867 bits per heavy atom. The number of hydrogen-bond acceptors (Lipinski definition) is 3. The van der Waals surface area contributed by atoms with Crippen LogP contribution in [0.4, 0.5) is 11.4 Å². The van der Waals surface area contributed by atoms with E-state index in [1.165, 1.54) is 4.90 Å². The lowest BCUT2D eigenvalue weighted by atomic mass is 10.1. The Morgan fingerprint density at radius 2 is 1.57 bits per heavy atom. The van der Waals surface area contributed by atoms with Gasteiger partial charge in [-0.05, 0) is 30.6 Å². The van der Waals surface area contributed by atoms with Gasteiger partial charge in [-0.2, -0.15) is 0 Å². The Balaban J connectivity index is 1.57. The van der Waals surface area contributed by atoms with Gasteiger partial charge in [0.25, 0.3) is 7.44 Å². The average Bonchev–Trinajstić information content (AvgIpc) is 3.24. The Hall–Kier alpha value is -2.95. The summed E-state index contributed by atoms with van der Waals surface area (Å²) in [6, 6.07) is 22.7. The Labute approximate surface area is 175 Å². The molecule has 0 bridgehead atoms. The van der Waals surface area contributed by atoms with E-state index in [2.05, 4.69) is 0 Å². The van der Waals surface area contributed by atoms with Crippen LogP contribution in [0, 0.1) is 0 Å². The summed E-state index contributed by atoms with van der Waals surface area (Å²) in [5, 5.41) is 1.79. The molecule has 0 saturated carbocycles. The first-order chi connectivity index (χ1) is 14.5. The minimum atomic E-state index is -3.30. The molecule has 0 spiro atoms. The molecule has 2 amide bonds. The summed E-state index contributed by atoms with van der Waals surface area (Å²) < 4.78 is 17.9. The normalized spacial score (nSPS) is 24.9. The van der Waals surface area contributed by atoms with Crippen LogP contribution in [-0.4, -0.2) is 42.3 Å². The van der Waals surface area contributed by atoms with Crippen molar-refractivity contribution in [3.63, 3.8) is 0 Å².